The lowest BCUT2D eigenvalue weighted by Crippen LogP contribution is -2.58. The van der Waals surface area contributed by atoms with E-state index >= 15 is 0 Å². The summed E-state index contributed by atoms with van der Waals surface area (Å²) in [7, 11) is 5.53. The SMILES string of the molecule is CCC[C@@H]1C(COC/C=C(\C)OCC(N)C(=O)O)O[C@@H](COC)C(OC/C=C(\C)OCC(N)C(=O)O)[C@H]1OC/C=C(\C)OCC(N)C(=O)O.CC[C@@H]1C(COC/C=C/OC[C@H](N)C(C)=O)O[C@@H](OC)C(OC/C=C/OC[C@H](N)C(=O)OC)[C@H]1OC/C=C/OC[C@@H](N)C(=O)OC. The minimum Gasteiger partial charge on any atom is -0.499 e. The Hall–Kier alpha value is -6.38. The Kier molecular flexibility index (Phi) is 46.4. The molecule has 0 radical (unpaired) electrons. The number of methoxy groups -OCH3 is 4. The molecule has 33 nitrogen and oxygen atoms in total. The number of carbonyl (C=O) groups excluding carboxylic acids is 3. The number of nitrogens with two attached hydrogens (primary N) is 6. The molecule has 95 heavy (non-hydrogen) atoms. The van der Waals surface area contributed by atoms with E-state index in [4.69, 9.17) is 126 Å². The van der Waals surface area contributed by atoms with E-state index < -0.39 is 115 Å². The summed E-state index contributed by atoms with van der Waals surface area (Å²) in [5.74, 6) is -3.86. The zero-order valence-electron chi connectivity index (χ0n) is 56.3. The monoisotopic (exact) mass is 1370 g/mol. The molecule has 2 aliphatic heterocycles. The summed E-state index contributed by atoms with van der Waals surface area (Å²) in [6.07, 6.45) is 11.8. The maximum absolute atomic E-state index is 11.4. The standard InChI is InChI=1S/C32H55N3O14.C30H51N3O13/c1-6-7-22-26(18-43-11-8-19(2)46-14-23(33)30(36)37)49-27(17-42-5)29(45-13-10-21(4)48-16-25(35)32(40)41)28(22)44-12-9-20(3)47-15-24(34)31(38)39;1-6-21-25(19-43-11-7-10-40-16-22(31)20(2)34)46-30(39-5)27(45-15-9-13-42-18-24(33)29(36)38-4)26(21)44-14-8-12-41-17-23(32)28(35)37-3/h8-10,22-29H,6-7,11-18,33-35H2,1-5H3,(H,36,37)(H,38,39)(H,40,41);7-10,12-13,21-27,30H,6,11,14-19,31-33H2,1-5H3/b19-8+,20-9+,21-10+;10-7+,12-8+,13-9+/t22-,23?,24?,25?,26?,27+,28+,29?;21-,22+,23-,24+,25?,26+,27?,30-/m11/s1. The second-order valence-electron chi connectivity index (χ2n) is 21.5. The fourth-order valence-corrected chi connectivity index (χ4v) is 8.74. The minimum absolute atomic E-state index is 0.0587. The molecule has 2 saturated heterocycles. The van der Waals surface area contributed by atoms with Gasteiger partial charge in [-0.1, -0.05) is 20.3 Å². The van der Waals surface area contributed by atoms with Crippen LogP contribution in [0.25, 0.3) is 0 Å². The van der Waals surface area contributed by atoms with Gasteiger partial charge in [-0.2, -0.15) is 0 Å². The van der Waals surface area contributed by atoms with Gasteiger partial charge in [-0.15, -0.1) is 0 Å². The molecule has 2 fully saturated rings. The van der Waals surface area contributed by atoms with Crippen LogP contribution in [0.1, 0.15) is 60.8 Å². The van der Waals surface area contributed by atoms with E-state index in [0.29, 0.717) is 30.1 Å². The molecule has 2 heterocycles. The third-order valence-electron chi connectivity index (χ3n) is 14.1. The van der Waals surface area contributed by atoms with Crippen LogP contribution < -0.4 is 34.4 Å². The second kappa shape index (κ2) is 50.9. The van der Waals surface area contributed by atoms with Gasteiger partial charge in [0, 0.05) is 26.1 Å². The number of carboxylic acid groups (broad SMARTS) is 3. The van der Waals surface area contributed by atoms with Crippen molar-refractivity contribution < 1.29 is 129 Å². The smallest absolute Gasteiger partial charge is 0.326 e. The molecular weight excluding hydrogens is 1260 g/mol. The fraction of sp³-hybridized carbons (Fsp3) is 0.710. The van der Waals surface area contributed by atoms with Crippen LogP contribution in [0.5, 0.6) is 0 Å². The molecule has 33 heteroatoms. The van der Waals surface area contributed by atoms with Gasteiger partial charge in [-0.3, -0.25) is 28.8 Å². The van der Waals surface area contributed by atoms with Gasteiger partial charge < -0.3 is 135 Å². The molecular formula is C62H106N6O27. The maximum atomic E-state index is 11.4. The Bertz CT molecular complexity index is 2380. The first kappa shape index (κ1) is 86.6. The number of rotatable bonds is 50. The third-order valence-corrected chi connectivity index (χ3v) is 14.1. The molecule has 0 aliphatic carbocycles. The summed E-state index contributed by atoms with van der Waals surface area (Å²) in [6.45, 7) is 11.2. The van der Waals surface area contributed by atoms with Crippen molar-refractivity contribution in [3.63, 3.8) is 0 Å². The molecule has 0 aromatic heterocycles. The topological polar surface area (TPSA) is 485 Å². The van der Waals surface area contributed by atoms with Crippen LogP contribution in [-0.2, 0) is 114 Å². The van der Waals surface area contributed by atoms with Crippen LogP contribution in [0.2, 0.25) is 0 Å². The maximum Gasteiger partial charge on any atom is 0.326 e. The summed E-state index contributed by atoms with van der Waals surface area (Å²) in [4.78, 5) is 67.1. The molecule has 546 valence electrons. The molecule has 2 aliphatic rings. The molecule has 0 saturated carbocycles. The number of hydrogen-bond acceptors (Lipinski definition) is 30. The van der Waals surface area contributed by atoms with E-state index in [-0.39, 0.29) is 117 Å². The highest BCUT2D eigenvalue weighted by molar-refractivity contribution is 5.81. The first-order chi connectivity index (χ1) is 45.3. The summed E-state index contributed by atoms with van der Waals surface area (Å²) >= 11 is 0. The molecule has 0 amide bonds. The molecule has 0 aromatic carbocycles. The quantitative estimate of drug-likeness (QED) is 0.0224. The van der Waals surface area contributed by atoms with Crippen LogP contribution in [-0.4, -0.2) is 264 Å². The van der Waals surface area contributed by atoms with Crippen molar-refractivity contribution >= 4 is 35.6 Å². The minimum atomic E-state index is -1.18. The summed E-state index contributed by atoms with van der Waals surface area (Å²) < 4.78 is 102. The number of carbonyl (C=O) groups is 6. The van der Waals surface area contributed by atoms with E-state index in [2.05, 4.69) is 9.47 Å². The van der Waals surface area contributed by atoms with Crippen molar-refractivity contribution in [1.29, 1.82) is 0 Å². The van der Waals surface area contributed by atoms with Crippen LogP contribution in [0.4, 0.5) is 0 Å². The van der Waals surface area contributed by atoms with Crippen LogP contribution in [0.15, 0.2) is 72.5 Å². The van der Waals surface area contributed by atoms with Crippen LogP contribution in [0, 0.1) is 11.8 Å². The number of hydrogen-bond donors (Lipinski definition) is 9. The van der Waals surface area contributed by atoms with Crippen LogP contribution >= 0.6 is 0 Å². The average Bonchev–Trinajstić information content (AvgIpc) is 0.812. The highest BCUT2D eigenvalue weighted by Crippen LogP contribution is 2.35. The van der Waals surface area contributed by atoms with Gasteiger partial charge in [0.05, 0.1) is 140 Å². The number of esters is 2. The van der Waals surface area contributed by atoms with Crippen molar-refractivity contribution in [2.75, 3.05) is 128 Å². The highest BCUT2D eigenvalue weighted by Gasteiger charge is 2.48. The lowest BCUT2D eigenvalue weighted by molar-refractivity contribution is -0.298. The Balaban J connectivity index is 0.000000952. The normalized spacial score (nSPS) is 23.7. The second-order valence-corrected chi connectivity index (χ2v) is 21.5. The summed E-state index contributed by atoms with van der Waals surface area (Å²) in [6, 6.07) is -6.00. The van der Waals surface area contributed by atoms with Gasteiger partial charge in [0.15, 0.2) is 6.29 Å². The van der Waals surface area contributed by atoms with E-state index in [1.165, 1.54) is 47.0 Å². The summed E-state index contributed by atoms with van der Waals surface area (Å²) in [5.41, 5.74) is 33.5. The zero-order valence-corrected chi connectivity index (χ0v) is 56.3. The number of allylic oxidation sites excluding steroid dienone is 3. The van der Waals surface area contributed by atoms with E-state index in [9.17, 15) is 28.8 Å². The molecule has 7 unspecified atom stereocenters. The Morgan fingerprint density at radius 1 is 0.453 bits per heavy atom. The van der Waals surface area contributed by atoms with Crippen molar-refractivity contribution in [3.05, 3.63) is 72.5 Å². The average molecular weight is 1370 g/mol. The zero-order chi connectivity index (χ0) is 71.3. The van der Waals surface area contributed by atoms with Gasteiger partial charge in [0.2, 0.25) is 0 Å². The molecule has 0 spiro atoms. The Morgan fingerprint density at radius 2 is 0.853 bits per heavy atom. The predicted octanol–water partition coefficient (Wildman–Crippen LogP) is 0.279. The predicted molar refractivity (Wildman–Crippen MR) is 339 cm³/mol. The van der Waals surface area contributed by atoms with Crippen molar-refractivity contribution in [1.82, 2.24) is 0 Å². The van der Waals surface area contributed by atoms with Gasteiger partial charge in [-0.05, 0) is 77.0 Å². The first-order valence-corrected chi connectivity index (χ1v) is 30.8. The van der Waals surface area contributed by atoms with E-state index in [1.54, 1.807) is 64.3 Å². The highest BCUT2D eigenvalue weighted by atomic mass is 16.7. The van der Waals surface area contributed by atoms with Gasteiger partial charge in [-0.25, -0.2) is 0 Å². The lowest BCUT2D eigenvalue weighted by Gasteiger charge is -2.46. The number of aliphatic carboxylic acids is 3. The Labute approximate surface area is 555 Å². The number of carboxylic acids is 3. The van der Waals surface area contributed by atoms with Crippen molar-refractivity contribution in [3.8, 4) is 0 Å². The number of ketones is 1. The van der Waals surface area contributed by atoms with E-state index in [1.807, 2.05) is 13.8 Å². The Morgan fingerprint density at radius 3 is 1.27 bits per heavy atom. The third kappa shape index (κ3) is 36.0. The summed E-state index contributed by atoms with van der Waals surface area (Å²) in [5, 5.41) is 27.0. The molecule has 0 aromatic rings. The molecule has 0 bridgehead atoms. The van der Waals surface area contributed by atoms with Gasteiger partial charge in [0.1, 0.15) is 93.9 Å². The van der Waals surface area contributed by atoms with Crippen molar-refractivity contribution in [2.45, 2.75) is 146 Å². The lowest BCUT2D eigenvalue weighted by atomic mass is 9.83. The largest absolute Gasteiger partial charge is 0.499 e. The van der Waals surface area contributed by atoms with Crippen molar-refractivity contribution in [2.24, 2.45) is 46.2 Å². The molecule has 15 N–H and O–H groups in total. The number of ether oxygens (including phenoxy) is 18. The van der Waals surface area contributed by atoms with Gasteiger partial charge in [0.25, 0.3) is 0 Å². The fourth-order valence-electron chi connectivity index (χ4n) is 8.74. The first-order valence-electron chi connectivity index (χ1n) is 30.8. The van der Waals surface area contributed by atoms with Crippen LogP contribution in [0.3, 0.4) is 0 Å². The van der Waals surface area contributed by atoms with E-state index in [0.717, 1.165) is 6.42 Å². The van der Waals surface area contributed by atoms with Gasteiger partial charge >= 0.3 is 29.8 Å². The molecule has 2 rings (SSSR count). The molecule has 16 atom stereocenters. The number of Topliss-reactive ketones (excluding diaryl/α,β-unsaturated/α-hetero) is 1.